The van der Waals surface area contributed by atoms with Gasteiger partial charge in [0.15, 0.2) is 5.82 Å². The molecule has 0 aliphatic carbocycles. The lowest BCUT2D eigenvalue weighted by Gasteiger charge is -2.05. The van der Waals surface area contributed by atoms with Gasteiger partial charge in [0.2, 0.25) is 0 Å². The standard InChI is InChI=1S/C16H14BrN3O2S/c1-11-4-2-3-5-14(11)15-10-16(19-18-15)20-23(21,22)13-8-6-12(17)7-9-13/h2-10H,1H3,(H2,18,19,20). The van der Waals surface area contributed by atoms with Gasteiger partial charge < -0.3 is 0 Å². The second-order valence-electron chi connectivity index (χ2n) is 5.04. The Bertz CT molecular complexity index is 934. The molecule has 0 amide bonds. The number of aromatic amines is 1. The number of nitrogens with zero attached hydrogens (tertiary/aromatic N) is 1. The molecule has 118 valence electrons. The highest BCUT2D eigenvalue weighted by Crippen LogP contribution is 2.24. The van der Waals surface area contributed by atoms with Gasteiger partial charge in [-0.05, 0) is 36.8 Å². The van der Waals surface area contributed by atoms with Crippen molar-refractivity contribution in [2.75, 3.05) is 4.72 Å². The number of hydrogen-bond acceptors (Lipinski definition) is 3. The quantitative estimate of drug-likeness (QED) is 0.706. The summed E-state index contributed by atoms with van der Waals surface area (Å²) < 4.78 is 28.0. The van der Waals surface area contributed by atoms with Gasteiger partial charge in [-0.2, -0.15) is 5.10 Å². The van der Waals surface area contributed by atoms with Crippen LogP contribution in [0.15, 0.2) is 64.0 Å². The van der Waals surface area contributed by atoms with Gasteiger partial charge in [-0.25, -0.2) is 8.42 Å². The second-order valence-corrected chi connectivity index (χ2v) is 7.64. The van der Waals surface area contributed by atoms with Crippen molar-refractivity contribution in [3.05, 3.63) is 64.6 Å². The number of benzene rings is 2. The molecule has 23 heavy (non-hydrogen) atoms. The topological polar surface area (TPSA) is 74.8 Å². The van der Waals surface area contributed by atoms with Gasteiger partial charge >= 0.3 is 0 Å². The van der Waals surface area contributed by atoms with Crippen molar-refractivity contribution in [3.8, 4) is 11.3 Å². The van der Waals surface area contributed by atoms with Crippen molar-refractivity contribution in [2.45, 2.75) is 11.8 Å². The summed E-state index contributed by atoms with van der Waals surface area (Å²) in [4.78, 5) is 0.182. The van der Waals surface area contributed by atoms with Gasteiger partial charge in [0, 0.05) is 16.1 Å². The maximum atomic E-state index is 12.3. The first-order chi connectivity index (χ1) is 11.0. The van der Waals surface area contributed by atoms with E-state index in [0.29, 0.717) is 0 Å². The maximum Gasteiger partial charge on any atom is 0.263 e. The summed E-state index contributed by atoms with van der Waals surface area (Å²) in [5, 5.41) is 6.90. The molecule has 0 saturated carbocycles. The van der Waals surface area contributed by atoms with Gasteiger partial charge in [0.05, 0.1) is 10.6 Å². The van der Waals surface area contributed by atoms with Crippen LogP contribution in [-0.4, -0.2) is 18.6 Å². The molecule has 0 radical (unpaired) electrons. The highest BCUT2D eigenvalue weighted by atomic mass is 79.9. The Kier molecular flexibility index (Phi) is 4.23. The second kappa shape index (κ2) is 6.17. The Morgan fingerprint density at radius 1 is 1.09 bits per heavy atom. The number of aromatic nitrogens is 2. The van der Waals surface area contributed by atoms with Crippen LogP contribution in [0.4, 0.5) is 5.82 Å². The summed E-state index contributed by atoms with van der Waals surface area (Å²) in [7, 11) is -3.66. The van der Waals surface area contributed by atoms with Crippen molar-refractivity contribution in [1.82, 2.24) is 10.2 Å². The molecule has 3 aromatic rings. The Labute approximate surface area is 142 Å². The van der Waals surface area contributed by atoms with E-state index in [1.54, 1.807) is 18.2 Å². The van der Waals surface area contributed by atoms with E-state index in [2.05, 4.69) is 30.8 Å². The largest absolute Gasteiger partial charge is 0.276 e. The van der Waals surface area contributed by atoms with E-state index in [1.807, 2.05) is 31.2 Å². The molecule has 0 aliphatic heterocycles. The van der Waals surface area contributed by atoms with Crippen molar-refractivity contribution in [3.63, 3.8) is 0 Å². The highest BCUT2D eigenvalue weighted by molar-refractivity contribution is 9.10. The van der Waals surface area contributed by atoms with Crippen LogP contribution in [0.3, 0.4) is 0 Å². The lowest BCUT2D eigenvalue weighted by Crippen LogP contribution is -2.13. The number of sulfonamides is 1. The SMILES string of the molecule is Cc1ccccc1-c1cc(NS(=O)(=O)c2ccc(Br)cc2)n[nH]1. The van der Waals surface area contributed by atoms with E-state index >= 15 is 0 Å². The molecule has 1 heterocycles. The molecule has 2 N–H and O–H groups in total. The average Bonchev–Trinajstić information content (AvgIpc) is 2.95. The van der Waals surface area contributed by atoms with Crippen LogP contribution < -0.4 is 4.72 Å². The first-order valence-corrected chi connectivity index (χ1v) is 9.13. The minimum absolute atomic E-state index is 0.182. The van der Waals surface area contributed by atoms with Crippen LogP contribution in [0.25, 0.3) is 11.3 Å². The van der Waals surface area contributed by atoms with Crippen LogP contribution >= 0.6 is 15.9 Å². The maximum absolute atomic E-state index is 12.3. The summed E-state index contributed by atoms with van der Waals surface area (Å²) in [5.41, 5.74) is 2.82. The van der Waals surface area contributed by atoms with E-state index in [9.17, 15) is 8.42 Å². The van der Waals surface area contributed by atoms with Gasteiger partial charge in [-0.15, -0.1) is 0 Å². The molecular formula is C16H14BrN3O2S. The number of rotatable bonds is 4. The zero-order valence-corrected chi connectivity index (χ0v) is 14.6. The summed E-state index contributed by atoms with van der Waals surface area (Å²) in [6.45, 7) is 1.99. The molecule has 0 saturated heterocycles. The third kappa shape index (κ3) is 3.46. The lowest BCUT2D eigenvalue weighted by molar-refractivity contribution is 0.601. The van der Waals surface area contributed by atoms with Crippen LogP contribution in [0.2, 0.25) is 0 Å². The number of anilines is 1. The van der Waals surface area contributed by atoms with E-state index < -0.39 is 10.0 Å². The smallest absolute Gasteiger partial charge is 0.263 e. The van der Waals surface area contributed by atoms with Gasteiger partial charge in [-0.1, -0.05) is 40.2 Å². The normalized spacial score (nSPS) is 11.4. The molecule has 5 nitrogen and oxygen atoms in total. The molecular weight excluding hydrogens is 378 g/mol. The molecule has 0 unspecified atom stereocenters. The molecule has 0 atom stereocenters. The molecule has 0 bridgehead atoms. The zero-order valence-electron chi connectivity index (χ0n) is 12.2. The number of hydrogen-bond donors (Lipinski definition) is 2. The fraction of sp³-hybridized carbons (Fsp3) is 0.0625. The molecule has 0 fully saturated rings. The Morgan fingerprint density at radius 3 is 2.48 bits per heavy atom. The fourth-order valence-corrected chi connectivity index (χ4v) is 3.45. The minimum Gasteiger partial charge on any atom is -0.276 e. The number of halogens is 1. The minimum atomic E-state index is -3.66. The van der Waals surface area contributed by atoms with Crippen molar-refractivity contribution < 1.29 is 8.42 Å². The first-order valence-electron chi connectivity index (χ1n) is 6.85. The molecule has 1 aromatic heterocycles. The van der Waals surface area contributed by atoms with E-state index in [-0.39, 0.29) is 10.7 Å². The van der Waals surface area contributed by atoms with Crippen molar-refractivity contribution in [2.24, 2.45) is 0 Å². The van der Waals surface area contributed by atoms with E-state index in [1.165, 1.54) is 12.1 Å². The van der Waals surface area contributed by atoms with Crippen molar-refractivity contribution in [1.29, 1.82) is 0 Å². The monoisotopic (exact) mass is 391 g/mol. The van der Waals surface area contributed by atoms with Gasteiger partial charge in [0.25, 0.3) is 10.0 Å². The number of nitrogens with one attached hydrogen (secondary N) is 2. The predicted molar refractivity (Wildman–Crippen MR) is 93.7 cm³/mol. The average molecular weight is 392 g/mol. The van der Waals surface area contributed by atoms with Gasteiger partial charge in [0.1, 0.15) is 0 Å². The summed E-state index contributed by atoms with van der Waals surface area (Å²) >= 11 is 3.28. The highest BCUT2D eigenvalue weighted by Gasteiger charge is 2.16. The molecule has 3 rings (SSSR count). The summed E-state index contributed by atoms with van der Waals surface area (Å²) in [5.74, 6) is 0.256. The lowest BCUT2D eigenvalue weighted by atomic mass is 10.1. The summed E-state index contributed by atoms with van der Waals surface area (Å²) in [6.07, 6.45) is 0. The third-order valence-electron chi connectivity index (χ3n) is 3.38. The van der Waals surface area contributed by atoms with Crippen LogP contribution in [0.1, 0.15) is 5.56 Å². The number of aryl methyl sites for hydroxylation is 1. The zero-order chi connectivity index (χ0) is 16.4. The van der Waals surface area contributed by atoms with Crippen LogP contribution in [0.5, 0.6) is 0 Å². The van der Waals surface area contributed by atoms with E-state index in [4.69, 9.17) is 0 Å². The Morgan fingerprint density at radius 2 is 1.78 bits per heavy atom. The van der Waals surface area contributed by atoms with Gasteiger partial charge in [-0.3, -0.25) is 9.82 Å². The van der Waals surface area contributed by atoms with Crippen LogP contribution in [0, 0.1) is 6.92 Å². The van der Waals surface area contributed by atoms with E-state index in [0.717, 1.165) is 21.3 Å². The predicted octanol–water partition coefficient (Wildman–Crippen LogP) is 3.95. The Hall–Kier alpha value is -2.12. The number of H-pyrrole nitrogens is 1. The molecule has 0 spiro atoms. The van der Waals surface area contributed by atoms with Crippen molar-refractivity contribution >= 4 is 31.8 Å². The summed E-state index contributed by atoms with van der Waals surface area (Å²) in [6, 6.07) is 15.9. The molecule has 7 heteroatoms. The van der Waals surface area contributed by atoms with Crippen LogP contribution in [-0.2, 0) is 10.0 Å². The molecule has 0 aliphatic rings. The third-order valence-corrected chi connectivity index (χ3v) is 5.28. The molecule has 2 aromatic carbocycles. The fourth-order valence-electron chi connectivity index (χ4n) is 2.20. The first kappa shape index (κ1) is 15.8. The Balaban J connectivity index is 1.87.